The monoisotopic (exact) mass is 514 g/mol. The Kier molecular flexibility index (Phi) is 10.2. The third-order valence-corrected chi connectivity index (χ3v) is 6.68. The third-order valence-electron chi connectivity index (χ3n) is 6.68. The Morgan fingerprint density at radius 2 is 1.24 bits per heavy atom. The molecule has 6 nitrogen and oxygen atoms in total. The van der Waals surface area contributed by atoms with Crippen molar-refractivity contribution in [3.8, 4) is 0 Å². The lowest BCUT2D eigenvalue weighted by molar-refractivity contribution is -0.141. The quantitative estimate of drug-likeness (QED) is 0.293. The highest BCUT2D eigenvalue weighted by atomic mass is 16.4. The molecule has 0 spiro atoms. The summed E-state index contributed by atoms with van der Waals surface area (Å²) in [5, 5.41) is 12.3. The van der Waals surface area contributed by atoms with Crippen LogP contribution in [0.4, 0.5) is 5.69 Å². The average Bonchev–Trinajstić information content (AvgIpc) is 2.90. The van der Waals surface area contributed by atoms with Crippen LogP contribution in [0.15, 0.2) is 78.9 Å². The average molecular weight is 515 g/mol. The summed E-state index contributed by atoms with van der Waals surface area (Å²) in [5.74, 6) is -1.47. The normalized spacial score (nSPS) is 11.1. The van der Waals surface area contributed by atoms with Crippen LogP contribution in [-0.2, 0) is 14.4 Å². The van der Waals surface area contributed by atoms with Crippen LogP contribution < -0.4 is 5.32 Å². The van der Waals surface area contributed by atoms with Gasteiger partial charge in [0.1, 0.15) is 0 Å². The van der Waals surface area contributed by atoms with Gasteiger partial charge in [-0.3, -0.25) is 14.4 Å². The van der Waals surface area contributed by atoms with Crippen molar-refractivity contribution in [3.05, 3.63) is 101 Å². The standard InChI is InChI=1S/C32H38N2O4/c1-22(2)26-16-11-17-27(23(3)4)32(26)33-29(35)21-34(30(36)18-19-31(37)38)20-28(24-12-7-5-8-13-24)25-14-9-6-10-15-25/h5-17,22-23,28H,18-21H2,1-4H3,(H,33,35)(H,37,38). The number of rotatable bonds is 12. The molecule has 0 fully saturated rings. The van der Waals surface area contributed by atoms with Gasteiger partial charge in [0.15, 0.2) is 0 Å². The SMILES string of the molecule is CC(C)c1cccc(C(C)C)c1NC(=O)CN(CC(c1ccccc1)c1ccccc1)C(=O)CCC(=O)O. The van der Waals surface area contributed by atoms with E-state index in [1.807, 2.05) is 78.9 Å². The number of aliphatic carboxylic acids is 1. The predicted molar refractivity (Wildman–Crippen MR) is 151 cm³/mol. The Labute approximate surface area is 225 Å². The van der Waals surface area contributed by atoms with Crippen molar-refractivity contribution in [1.82, 2.24) is 4.90 Å². The highest BCUT2D eigenvalue weighted by Gasteiger charge is 2.25. The van der Waals surface area contributed by atoms with Crippen molar-refractivity contribution in [2.45, 2.75) is 58.3 Å². The van der Waals surface area contributed by atoms with E-state index in [4.69, 9.17) is 0 Å². The first-order chi connectivity index (χ1) is 18.2. The van der Waals surface area contributed by atoms with E-state index in [-0.39, 0.29) is 55.5 Å². The van der Waals surface area contributed by atoms with Crippen molar-refractivity contribution in [1.29, 1.82) is 0 Å². The molecule has 0 aliphatic heterocycles. The van der Waals surface area contributed by atoms with Gasteiger partial charge >= 0.3 is 5.97 Å². The summed E-state index contributed by atoms with van der Waals surface area (Å²) in [7, 11) is 0. The minimum absolute atomic E-state index is 0.168. The molecule has 2 amide bonds. The van der Waals surface area contributed by atoms with E-state index in [0.717, 1.165) is 27.9 Å². The molecule has 0 aliphatic carbocycles. The fourth-order valence-electron chi connectivity index (χ4n) is 4.67. The van der Waals surface area contributed by atoms with Crippen LogP contribution in [0.25, 0.3) is 0 Å². The smallest absolute Gasteiger partial charge is 0.303 e. The molecule has 0 aliphatic rings. The number of hydrogen-bond donors (Lipinski definition) is 2. The number of carboxylic acids is 1. The van der Waals surface area contributed by atoms with Crippen LogP contribution in [0.1, 0.15) is 80.5 Å². The second kappa shape index (κ2) is 13.6. The topological polar surface area (TPSA) is 86.7 Å². The van der Waals surface area contributed by atoms with Gasteiger partial charge in [-0.25, -0.2) is 0 Å². The molecule has 3 aromatic carbocycles. The Morgan fingerprint density at radius 1 is 0.737 bits per heavy atom. The third kappa shape index (κ3) is 7.78. The van der Waals surface area contributed by atoms with Crippen LogP contribution in [-0.4, -0.2) is 40.9 Å². The van der Waals surface area contributed by atoms with Crippen molar-refractivity contribution in [2.75, 3.05) is 18.4 Å². The minimum Gasteiger partial charge on any atom is -0.481 e. The summed E-state index contributed by atoms with van der Waals surface area (Å²) in [6, 6.07) is 25.7. The summed E-state index contributed by atoms with van der Waals surface area (Å²) in [6.07, 6.45) is -0.454. The van der Waals surface area contributed by atoms with Gasteiger partial charge in [0.25, 0.3) is 0 Å². The van der Waals surface area contributed by atoms with Gasteiger partial charge in [0.05, 0.1) is 13.0 Å². The van der Waals surface area contributed by atoms with Crippen LogP contribution >= 0.6 is 0 Å². The van der Waals surface area contributed by atoms with Gasteiger partial charge in [0.2, 0.25) is 11.8 Å². The number of carboxylic acid groups (broad SMARTS) is 1. The second-order valence-electron chi connectivity index (χ2n) is 10.2. The molecule has 0 heterocycles. The number of benzene rings is 3. The molecule has 200 valence electrons. The van der Waals surface area contributed by atoms with Gasteiger partial charge < -0.3 is 15.3 Å². The zero-order valence-corrected chi connectivity index (χ0v) is 22.7. The Balaban J connectivity index is 1.92. The predicted octanol–water partition coefficient (Wildman–Crippen LogP) is 6.40. The molecule has 0 saturated carbocycles. The van der Waals surface area contributed by atoms with E-state index < -0.39 is 5.97 Å². The zero-order chi connectivity index (χ0) is 27.7. The number of carbonyl (C=O) groups excluding carboxylic acids is 2. The lowest BCUT2D eigenvalue weighted by Gasteiger charge is -2.29. The van der Waals surface area contributed by atoms with Crippen LogP contribution in [0.2, 0.25) is 0 Å². The van der Waals surface area contributed by atoms with Gasteiger partial charge in [0, 0.05) is 24.6 Å². The molecule has 0 unspecified atom stereocenters. The molecule has 6 heteroatoms. The number of hydrogen-bond acceptors (Lipinski definition) is 3. The highest BCUT2D eigenvalue weighted by Crippen LogP contribution is 2.32. The van der Waals surface area contributed by atoms with E-state index >= 15 is 0 Å². The van der Waals surface area contributed by atoms with Crippen molar-refractivity contribution in [2.24, 2.45) is 0 Å². The summed E-state index contributed by atoms with van der Waals surface area (Å²) >= 11 is 0. The number of amides is 2. The highest BCUT2D eigenvalue weighted by molar-refractivity contribution is 5.96. The fourth-order valence-corrected chi connectivity index (χ4v) is 4.67. The van der Waals surface area contributed by atoms with E-state index in [2.05, 4.69) is 33.0 Å². The summed E-state index contributed by atoms with van der Waals surface area (Å²) in [4.78, 5) is 39.4. The van der Waals surface area contributed by atoms with E-state index in [0.29, 0.717) is 0 Å². The zero-order valence-electron chi connectivity index (χ0n) is 22.7. The lowest BCUT2D eigenvalue weighted by atomic mass is 9.90. The Hall–Kier alpha value is -3.93. The molecule has 38 heavy (non-hydrogen) atoms. The molecule has 2 N–H and O–H groups in total. The van der Waals surface area contributed by atoms with Gasteiger partial charge in [-0.2, -0.15) is 0 Å². The first-order valence-electron chi connectivity index (χ1n) is 13.2. The number of anilines is 1. The Morgan fingerprint density at radius 3 is 1.68 bits per heavy atom. The Bertz CT molecular complexity index is 1160. The van der Waals surface area contributed by atoms with Crippen LogP contribution in [0.3, 0.4) is 0 Å². The van der Waals surface area contributed by atoms with Gasteiger partial charge in [-0.05, 0) is 34.1 Å². The number of nitrogens with one attached hydrogen (secondary N) is 1. The van der Waals surface area contributed by atoms with E-state index in [9.17, 15) is 19.5 Å². The molecule has 0 bridgehead atoms. The first-order valence-corrected chi connectivity index (χ1v) is 13.2. The van der Waals surface area contributed by atoms with Crippen LogP contribution in [0.5, 0.6) is 0 Å². The van der Waals surface area contributed by atoms with Gasteiger partial charge in [-0.15, -0.1) is 0 Å². The molecular formula is C32H38N2O4. The summed E-state index contributed by atoms with van der Waals surface area (Å²) in [5.41, 5.74) is 4.91. The molecular weight excluding hydrogens is 476 g/mol. The number of para-hydroxylation sites is 1. The number of carbonyl (C=O) groups is 3. The summed E-state index contributed by atoms with van der Waals surface area (Å²) in [6.45, 7) is 8.42. The molecule has 3 aromatic rings. The second-order valence-corrected chi connectivity index (χ2v) is 10.2. The largest absolute Gasteiger partial charge is 0.481 e. The fraction of sp³-hybridized carbons (Fsp3) is 0.344. The van der Waals surface area contributed by atoms with Gasteiger partial charge in [-0.1, -0.05) is 107 Å². The van der Waals surface area contributed by atoms with Crippen molar-refractivity contribution >= 4 is 23.5 Å². The maximum atomic E-state index is 13.4. The molecule has 3 rings (SSSR count). The number of nitrogens with zero attached hydrogens (tertiary/aromatic N) is 1. The lowest BCUT2D eigenvalue weighted by Crippen LogP contribution is -2.41. The molecule has 0 radical (unpaired) electrons. The molecule has 0 saturated heterocycles. The van der Waals surface area contributed by atoms with Crippen molar-refractivity contribution < 1.29 is 19.5 Å². The summed E-state index contributed by atoms with van der Waals surface area (Å²) < 4.78 is 0. The minimum atomic E-state index is -1.04. The van der Waals surface area contributed by atoms with E-state index in [1.54, 1.807) is 0 Å². The van der Waals surface area contributed by atoms with E-state index in [1.165, 1.54) is 4.90 Å². The maximum Gasteiger partial charge on any atom is 0.303 e. The molecule has 0 aromatic heterocycles. The van der Waals surface area contributed by atoms with Crippen LogP contribution in [0, 0.1) is 0 Å². The first kappa shape index (κ1) is 28.6. The molecule has 0 atom stereocenters. The maximum absolute atomic E-state index is 13.4. The van der Waals surface area contributed by atoms with Crippen molar-refractivity contribution in [3.63, 3.8) is 0 Å².